The largest absolute Gasteiger partial charge is 1.00 e. The van der Waals surface area contributed by atoms with Crippen molar-refractivity contribution in [1.82, 2.24) is 0 Å². The Morgan fingerprint density at radius 1 is 1.08 bits per heavy atom. The number of methoxy groups -OCH3 is 1. The molecule has 4 aromatic rings. The third kappa shape index (κ3) is 6.72. The summed E-state index contributed by atoms with van der Waals surface area (Å²) in [6, 6.07) is 15.2. The van der Waals surface area contributed by atoms with Crippen LogP contribution in [-0.4, -0.2) is 26.0 Å². The minimum Gasteiger partial charge on any atom is -0.870 e. The number of carbonyl (C=O) groups is 1. The van der Waals surface area contributed by atoms with E-state index in [2.05, 4.69) is 15.5 Å². The second kappa shape index (κ2) is 12.6. The molecule has 0 atom stereocenters. The zero-order valence-corrected chi connectivity index (χ0v) is 25.4. The SMILES string of the molecule is CCc1cc(S(=O)(=O)O)c(N=Nc2c([O-])c(C(=O)Nc3cc(Cl)ccc3OC)cc3ccccc23)cc1Cl.[Na+]. The molecule has 39 heavy (non-hydrogen) atoms. The van der Waals surface area contributed by atoms with Crippen molar-refractivity contribution in [3.05, 3.63) is 81.8 Å². The standard InChI is InChI=1S/C26H21Cl2N3O6S.Na/c1-3-14-11-23(38(34,35)36)21(13-19(14)28)30-31-24-17-7-5-4-6-15(17)10-18(25(24)32)26(33)29-20-12-16(27)8-9-22(20)37-2;/h4-13,32H,3H2,1-2H3,(H,29,33)(H,34,35,36);/q;+1/p-1. The van der Waals surface area contributed by atoms with Gasteiger partial charge in [-0.3, -0.25) is 9.35 Å². The Morgan fingerprint density at radius 2 is 1.79 bits per heavy atom. The molecule has 0 aromatic heterocycles. The van der Waals surface area contributed by atoms with Crippen molar-refractivity contribution in [3.63, 3.8) is 0 Å². The van der Waals surface area contributed by atoms with Crippen LogP contribution in [0.15, 0.2) is 75.8 Å². The molecule has 0 aliphatic carbocycles. The number of hydrogen-bond acceptors (Lipinski definition) is 7. The zero-order valence-electron chi connectivity index (χ0n) is 21.0. The van der Waals surface area contributed by atoms with Gasteiger partial charge in [-0.2, -0.15) is 13.5 Å². The second-order valence-electron chi connectivity index (χ2n) is 8.06. The van der Waals surface area contributed by atoms with Gasteiger partial charge in [0.2, 0.25) is 0 Å². The van der Waals surface area contributed by atoms with Crippen LogP contribution in [0.5, 0.6) is 11.5 Å². The van der Waals surface area contributed by atoms with E-state index in [1.54, 1.807) is 43.3 Å². The Balaban J connectivity index is 0.00000420. The van der Waals surface area contributed by atoms with Crippen LogP contribution in [0.2, 0.25) is 10.0 Å². The van der Waals surface area contributed by atoms with Gasteiger partial charge in [-0.15, -0.1) is 5.11 Å². The number of benzene rings is 4. The van der Waals surface area contributed by atoms with Gasteiger partial charge in [-0.25, -0.2) is 0 Å². The maximum atomic E-state index is 13.4. The van der Waals surface area contributed by atoms with Crippen molar-refractivity contribution >= 4 is 67.1 Å². The van der Waals surface area contributed by atoms with Gasteiger partial charge >= 0.3 is 29.6 Å². The third-order valence-corrected chi connectivity index (χ3v) is 7.14. The van der Waals surface area contributed by atoms with Gasteiger partial charge in [0.05, 0.1) is 18.5 Å². The molecule has 4 aromatic carbocycles. The molecule has 2 N–H and O–H groups in total. The summed E-state index contributed by atoms with van der Waals surface area (Å²) in [5, 5.41) is 25.5. The summed E-state index contributed by atoms with van der Waals surface area (Å²) >= 11 is 12.3. The van der Waals surface area contributed by atoms with Crippen molar-refractivity contribution in [3.8, 4) is 11.5 Å². The minimum absolute atomic E-state index is 0. The fourth-order valence-corrected chi connectivity index (χ4v) is 4.91. The summed E-state index contributed by atoms with van der Waals surface area (Å²) < 4.78 is 39.0. The van der Waals surface area contributed by atoms with E-state index in [0.717, 1.165) is 0 Å². The molecule has 0 heterocycles. The molecular weight excluding hydrogens is 576 g/mol. The molecule has 13 heteroatoms. The number of nitrogens with zero attached hydrogens (tertiary/aromatic N) is 2. The fraction of sp³-hybridized carbons (Fsp3) is 0.115. The van der Waals surface area contributed by atoms with Crippen LogP contribution in [0.4, 0.5) is 17.1 Å². The van der Waals surface area contributed by atoms with E-state index in [1.165, 1.54) is 31.4 Å². The van der Waals surface area contributed by atoms with Crippen LogP contribution in [0.3, 0.4) is 0 Å². The topological polar surface area (TPSA) is 140 Å². The smallest absolute Gasteiger partial charge is 0.870 e. The number of nitrogens with one attached hydrogen (secondary N) is 1. The van der Waals surface area contributed by atoms with Gasteiger partial charge in [0.1, 0.15) is 16.3 Å². The molecule has 0 unspecified atom stereocenters. The molecule has 0 bridgehead atoms. The van der Waals surface area contributed by atoms with Gasteiger partial charge in [-0.1, -0.05) is 60.1 Å². The van der Waals surface area contributed by atoms with Crippen LogP contribution in [-0.2, 0) is 16.5 Å². The monoisotopic (exact) mass is 595 g/mol. The van der Waals surface area contributed by atoms with E-state index in [4.69, 9.17) is 27.9 Å². The maximum Gasteiger partial charge on any atom is 1.00 e. The number of aryl methyl sites for hydroxylation is 1. The number of ether oxygens (including phenoxy) is 1. The van der Waals surface area contributed by atoms with Gasteiger partial charge in [0.25, 0.3) is 16.0 Å². The summed E-state index contributed by atoms with van der Waals surface area (Å²) in [7, 11) is -3.26. The number of rotatable bonds is 7. The van der Waals surface area contributed by atoms with Gasteiger partial charge in [0, 0.05) is 21.0 Å². The Morgan fingerprint density at radius 3 is 2.46 bits per heavy atom. The van der Waals surface area contributed by atoms with Crippen LogP contribution >= 0.6 is 23.2 Å². The van der Waals surface area contributed by atoms with Crippen molar-refractivity contribution < 1.29 is 57.2 Å². The van der Waals surface area contributed by atoms with Crippen molar-refractivity contribution in [2.24, 2.45) is 10.2 Å². The normalized spacial score (nSPS) is 11.4. The molecule has 0 radical (unpaired) electrons. The first-order valence-corrected chi connectivity index (χ1v) is 13.3. The summed E-state index contributed by atoms with van der Waals surface area (Å²) in [5.74, 6) is -1.16. The first kappa shape index (κ1) is 30.8. The average molecular weight is 596 g/mol. The number of fused-ring (bicyclic) bond motifs is 1. The fourth-order valence-electron chi connectivity index (χ4n) is 3.79. The van der Waals surface area contributed by atoms with Crippen molar-refractivity contribution in [1.29, 1.82) is 0 Å². The molecule has 4 rings (SSSR count). The molecule has 0 aliphatic heterocycles. The molecule has 1 amide bonds. The van der Waals surface area contributed by atoms with E-state index in [0.29, 0.717) is 33.5 Å². The number of azo groups is 1. The van der Waals surface area contributed by atoms with Gasteiger partial charge in [0.15, 0.2) is 0 Å². The molecule has 0 saturated carbocycles. The number of hydrogen-bond donors (Lipinski definition) is 2. The van der Waals surface area contributed by atoms with E-state index >= 15 is 0 Å². The van der Waals surface area contributed by atoms with E-state index in [-0.39, 0.29) is 57.2 Å². The number of amides is 1. The summed E-state index contributed by atoms with van der Waals surface area (Å²) in [4.78, 5) is 12.7. The Hall–Kier alpha value is -2.70. The van der Waals surface area contributed by atoms with E-state index < -0.39 is 26.7 Å². The van der Waals surface area contributed by atoms with Crippen LogP contribution in [0.25, 0.3) is 10.8 Å². The Bertz CT molecular complexity index is 1710. The first-order chi connectivity index (χ1) is 18.0. The maximum absolute atomic E-state index is 13.4. The summed E-state index contributed by atoms with van der Waals surface area (Å²) in [5.41, 5.74) is 0.0153. The molecule has 9 nitrogen and oxygen atoms in total. The predicted octanol–water partition coefficient (Wildman–Crippen LogP) is 3.71. The molecule has 196 valence electrons. The van der Waals surface area contributed by atoms with Gasteiger partial charge in [-0.05, 0) is 53.8 Å². The minimum atomic E-state index is -4.68. The third-order valence-electron chi connectivity index (χ3n) is 5.67. The number of anilines is 1. The molecule has 0 saturated heterocycles. The Kier molecular flexibility index (Phi) is 10.0. The zero-order chi connectivity index (χ0) is 27.6. The van der Waals surface area contributed by atoms with Crippen LogP contribution in [0.1, 0.15) is 22.8 Å². The van der Waals surface area contributed by atoms with Crippen molar-refractivity contribution in [2.75, 3.05) is 12.4 Å². The first-order valence-electron chi connectivity index (χ1n) is 11.1. The number of carbonyl (C=O) groups excluding carboxylic acids is 1. The molecule has 0 aliphatic rings. The summed E-state index contributed by atoms with van der Waals surface area (Å²) in [6.45, 7) is 1.77. The Labute approximate surface area is 256 Å². The molecule has 0 fully saturated rings. The van der Waals surface area contributed by atoms with E-state index in [9.17, 15) is 22.9 Å². The van der Waals surface area contributed by atoms with Crippen molar-refractivity contribution in [2.45, 2.75) is 18.2 Å². The van der Waals surface area contributed by atoms with Crippen LogP contribution < -0.4 is 44.7 Å². The van der Waals surface area contributed by atoms with E-state index in [1.807, 2.05) is 0 Å². The number of halogens is 2. The summed E-state index contributed by atoms with van der Waals surface area (Å²) in [6.07, 6.45) is 0.405. The quantitative estimate of drug-likeness (QED) is 0.189. The van der Waals surface area contributed by atoms with Gasteiger partial charge < -0.3 is 15.2 Å². The van der Waals surface area contributed by atoms with Crippen LogP contribution in [0, 0.1) is 0 Å². The molecule has 0 spiro atoms. The average Bonchev–Trinajstić information content (AvgIpc) is 2.87. The molecular formula is C26H20Cl2N3NaO6S. The second-order valence-corrected chi connectivity index (χ2v) is 10.3. The predicted molar refractivity (Wildman–Crippen MR) is 144 cm³/mol.